The lowest BCUT2D eigenvalue weighted by molar-refractivity contribution is -0.0195. The Labute approximate surface area is 162 Å². The molecule has 2 heterocycles. The first-order valence-corrected chi connectivity index (χ1v) is 10.2. The molecular weight excluding hydrogens is 333 g/mol. The fourth-order valence-electron chi connectivity index (χ4n) is 5.44. The number of benzene rings is 2. The van der Waals surface area contributed by atoms with Gasteiger partial charge in [-0.1, -0.05) is 55.8 Å². The topological polar surface area (TPSA) is 3.24 Å². The summed E-state index contributed by atoms with van der Waals surface area (Å²) < 4.78 is 13.8. The molecule has 0 N–H and O–H groups in total. The molecule has 1 nitrogen and oxygen atoms in total. The van der Waals surface area contributed by atoms with Crippen molar-refractivity contribution in [1.29, 1.82) is 0 Å². The van der Waals surface area contributed by atoms with Crippen LogP contribution in [0.2, 0.25) is 0 Å². The molecule has 4 atom stereocenters. The first-order chi connectivity index (χ1) is 13.0. The molecule has 2 aromatic carbocycles. The minimum atomic E-state index is -0.146. The molecule has 1 saturated heterocycles. The van der Waals surface area contributed by atoms with Crippen molar-refractivity contribution in [2.24, 2.45) is 11.8 Å². The van der Waals surface area contributed by atoms with Crippen LogP contribution in [0.15, 0.2) is 60.7 Å². The van der Waals surface area contributed by atoms with Gasteiger partial charge in [-0.3, -0.25) is 4.90 Å². The summed E-state index contributed by atoms with van der Waals surface area (Å²) in [4.78, 5) is 2.66. The molecule has 1 fully saturated rings. The number of hydrogen-bond donors (Lipinski definition) is 0. The van der Waals surface area contributed by atoms with E-state index in [2.05, 4.69) is 62.6 Å². The van der Waals surface area contributed by atoms with Crippen LogP contribution in [0.3, 0.4) is 0 Å². The van der Waals surface area contributed by atoms with Gasteiger partial charge in [0.25, 0.3) is 0 Å². The molecule has 2 aromatic rings. The second kappa shape index (κ2) is 7.24. The van der Waals surface area contributed by atoms with Crippen molar-refractivity contribution in [3.8, 4) is 0 Å². The Bertz CT molecular complexity index is 840. The average molecular weight is 364 g/mol. The van der Waals surface area contributed by atoms with Gasteiger partial charge in [0.05, 0.1) is 0 Å². The molecule has 3 aliphatic rings. The minimum absolute atomic E-state index is 0.146. The van der Waals surface area contributed by atoms with Gasteiger partial charge < -0.3 is 0 Å². The van der Waals surface area contributed by atoms with Crippen molar-refractivity contribution in [1.82, 2.24) is 4.90 Å². The van der Waals surface area contributed by atoms with Crippen LogP contribution in [0.4, 0.5) is 4.39 Å². The quantitative estimate of drug-likeness (QED) is 0.550. The van der Waals surface area contributed by atoms with E-state index >= 15 is 0 Å². The number of hydrogen-bond acceptors (Lipinski definition) is 1. The van der Waals surface area contributed by atoms with Crippen molar-refractivity contribution in [2.45, 2.75) is 58.2 Å². The maximum absolute atomic E-state index is 13.8. The van der Waals surface area contributed by atoms with E-state index in [1.165, 1.54) is 29.2 Å². The van der Waals surface area contributed by atoms with E-state index in [0.717, 1.165) is 18.5 Å². The highest BCUT2D eigenvalue weighted by Crippen LogP contribution is 2.56. The zero-order chi connectivity index (χ0) is 19.1. The van der Waals surface area contributed by atoms with Crippen LogP contribution in [0.1, 0.15) is 62.3 Å². The largest absolute Gasteiger partial charge is 0.288 e. The van der Waals surface area contributed by atoms with Gasteiger partial charge in [-0.05, 0) is 60.4 Å². The van der Waals surface area contributed by atoms with Gasteiger partial charge in [-0.15, -0.1) is 6.58 Å². The number of halogens is 1. The first kappa shape index (κ1) is 18.4. The predicted octanol–water partition coefficient (Wildman–Crippen LogP) is 6.48. The summed E-state index contributed by atoms with van der Waals surface area (Å²) in [6.07, 6.45) is 2.26. The Kier molecular flexibility index (Phi) is 4.94. The zero-order valence-electron chi connectivity index (χ0n) is 16.7. The minimum Gasteiger partial charge on any atom is -0.288 e. The zero-order valence-corrected chi connectivity index (χ0v) is 16.7. The number of piperidine rings is 1. The van der Waals surface area contributed by atoms with Crippen molar-refractivity contribution < 1.29 is 4.39 Å². The van der Waals surface area contributed by atoms with Gasteiger partial charge in [0.15, 0.2) is 0 Å². The van der Waals surface area contributed by atoms with Crippen molar-refractivity contribution >= 4 is 0 Å². The summed E-state index contributed by atoms with van der Waals surface area (Å²) >= 11 is 0. The highest BCUT2D eigenvalue weighted by atomic mass is 19.1. The van der Waals surface area contributed by atoms with Crippen LogP contribution in [0, 0.1) is 17.7 Å². The summed E-state index contributed by atoms with van der Waals surface area (Å²) in [7, 11) is 0. The monoisotopic (exact) mass is 363 g/mol. The second-order valence-corrected chi connectivity index (χ2v) is 8.85. The maximum Gasteiger partial charge on any atom is 0.123 e. The molecule has 0 radical (unpaired) electrons. The summed E-state index contributed by atoms with van der Waals surface area (Å²) in [5.74, 6) is 1.65. The Balaban J connectivity index is 1.79. The van der Waals surface area contributed by atoms with Crippen molar-refractivity contribution in [3.05, 3.63) is 83.2 Å². The maximum atomic E-state index is 13.8. The Hall–Kier alpha value is -1.93. The van der Waals surface area contributed by atoms with Gasteiger partial charge in [0.2, 0.25) is 0 Å². The third kappa shape index (κ3) is 3.36. The van der Waals surface area contributed by atoms with Crippen LogP contribution in [0.5, 0.6) is 0 Å². The Morgan fingerprint density at radius 3 is 2.56 bits per heavy atom. The van der Waals surface area contributed by atoms with Gasteiger partial charge in [-0.25, -0.2) is 4.39 Å². The molecule has 142 valence electrons. The van der Waals surface area contributed by atoms with E-state index in [0.29, 0.717) is 29.8 Å². The van der Waals surface area contributed by atoms with Gasteiger partial charge in [0, 0.05) is 24.5 Å². The molecule has 1 aliphatic carbocycles. The lowest BCUT2D eigenvalue weighted by atomic mass is 9.62. The fourth-order valence-corrected chi connectivity index (χ4v) is 5.44. The van der Waals surface area contributed by atoms with Crippen LogP contribution in [0.25, 0.3) is 0 Å². The summed E-state index contributed by atoms with van der Waals surface area (Å²) in [5, 5.41) is 0. The van der Waals surface area contributed by atoms with Crippen molar-refractivity contribution in [2.75, 3.05) is 0 Å². The van der Waals surface area contributed by atoms with Crippen LogP contribution in [-0.2, 0) is 6.54 Å². The van der Waals surface area contributed by atoms with E-state index in [4.69, 9.17) is 0 Å². The second-order valence-electron chi connectivity index (χ2n) is 8.85. The molecule has 0 aromatic heterocycles. The summed E-state index contributed by atoms with van der Waals surface area (Å²) in [6, 6.07) is 16.9. The van der Waals surface area contributed by atoms with Crippen LogP contribution in [-0.4, -0.2) is 10.9 Å². The normalized spacial score (nSPS) is 27.0. The predicted molar refractivity (Wildman–Crippen MR) is 110 cm³/mol. The first-order valence-electron chi connectivity index (χ1n) is 10.2. The molecule has 2 bridgehead atoms. The van der Waals surface area contributed by atoms with E-state index in [9.17, 15) is 4.39 Å². The lowest BCUT2D eigenvalue weighted by Gasteiger charge is -2.57. The molecule has 0 spiro atoms. The molecule has 5 rings (SSSR count). The van der Waals surface area contributed by atoms with E-state index < -0.39 is 0 Å². The highest BCUT2D eigenvalue weighted by Gasteiger charge is 2.50. The highest BCUT2D eigenvalue weighted by molar-refractivity contribution is 5.41. The van der Waals surface area contributed by atoms with Crippen LogP contribution >= 0.6 is 0 Å². The standard InChI is InChI=1S/C25H30FN/c1-16(2)12-24-23-14-22(17(3)4)25(21-11-6-5-10-20(21)23)27(24)15-18-8-7-9-19(26)13-18/h5-11,13,17,22-25H,1,12,14-15H2,2-4H3. The Morgan fingerprint density at radius 1 is 1.15 bits per heavy atom. The van der Waals surface area contributed by atoms with E-state index in [1.807, 2.05) is 6.07 Å². The molecule has 2 aliphatic heterocycles. The third-order valence-corrected chi connectivity index (χ3v) is 6.56. The number of fused-ring (bicyclic) bond motifs is 2. The molecule has 4 unspecified atom stereocenters. The van der Waals surface area contributed by atoms with Crippen molar-refractivity contribution in [3.63, 3.8) is 0 Å². The fraction of sp³-hybridized carbons (Fsp3) is 0.440. The number of nitrogens with zero attached hydrogens (tertiary/aromatic N) is 1. The average Bonchev–Trinajstić information content (AvgIpc) is 2.63. The number of rotatable bonds is 5. The van der Waals surface area contributed by atoms with Gasteiger partial charge in [0.1, 0.15) is 5.82 Å². The van der Waals surface area contributed by atoms with Gasteiger partial charge in [-0.2, -0.15) is 0 Å². The van der Waals surface area contributed by atoms with Crippen LogP contribution < -0.4 is 0 Å². The SMILES string of the molecule is C=C(C)CC1C2CC(C(C)C)C(c3ccccc32)N1Cc1cccc(F)c1. The Morgan fingerprint density at radius 2 is 1.89 bits per heavy atom. The van der Waals surface area contributed by atoms with Gasteiger partial charge >= 0.3 is 0 Å². The smallest absolute Gasteiger partial charge is 0.123 e. The lowest BCUT2D eigenvalue weighted by Crippen LogP contribution is -2.54. The summed E-state index contributed by atoms with van der Waals surface area (Å²) in [6.45, 7) is 11.8. The molecule has 0 saturated carbocycles. The third-order valence-electron chi connectivity index (χ3n) is 6.56. The summed E-state index contributed by atoms with van der Waals surface area (Å²) in [5.41, 5.74) is 5.31. The molecule has 2 heteroatoms. The van der Waals surface area contributed by atoms with E-state index in [1.54, 1.807) is 6.07 Å². The molecule has 27 heavy (non-hydrogen) atoms. The van der Waals surface area contributed by atoms with E-state index in [-0.39, 0.29) is 5.82 Å². The molecule has 0 amide bonds. The molecular formula is C25H30FN.